The van der Waals surface area contributed by atoms with Crippen LogP contribution in [0.5, 0.6) is 0 Å². The first kappa shape index (κ1) is 29.0. The van der Waals surface area contributed by atoms with Crippen molar-refractivity contribution in [2.45, 2.75) is 76.5 Å². The second kappa shape index (κ2) is 12.6. The molecule has 6 heteroatoms. The van der Waals surface area contributed by atoms with Crippen molar-refractivity contribution < 1.29 is 34.5 Å². The SMILES string of the molecule is CCOC(=O)[C@H]1N[C@@H](c2ccccc2)[C@H]([C](=[Cr])O[C@@H]2C[C@H](C)CC[C@H]2C(C)(C)c2ccccc2)[C@H]1c1ccco1. The Morgan fingerprint density at radius 3 is 2.38 bits per heavy atom. The topological polar surface area (TPSA) is 60.7 Å². The molecule has 40 heavy (non-hydrogen) atoms. The van der Waals surface area contributed by atoms with E-state index in [0.717, 1.165) is 28.7 Å². The van der Waals surface area contributed by atoms with E-state index in [1.807, 2.05) is 37.3 Å². The fourth-order valence-corrected chi connectivity index (χ4v) is 7.56. The van der Waals surface area contributed by atoms with Gasteiger partial charge in [0.05, 0.1) is 0 Å². The number of benzene rings is 2. The summed E-state index contributed by atoms with van der Waals surface area (Å²) in [6.07, 6.45) is 5.02. The Kier molecular flexibility index (Phi) is 9.12. The third-order valence-electron chi connectivity index (χ3n) is 9.07. The standard InChI is InChI=1S/C34H41NO4.Cr/c1-5-37-33(36)32-30(28-17-12-20-38-28)26(31(35-32)24-13-8-6-9-14-24)22-39-29-21-23(2)18-19-27(29)34(3,4)25-15-10-7-11-16-25;/h6-17,20,23,26-27,29-32,35H,5,18-19,21H2,1-4H3;/t23-,26-,27-,29-,30+,31+,32+;/m1./s1. The van der Waals surface area contributed by atoms with E-state index >= 15 is 0 Å². The maximum atomic E-state index is 13.3. The fraction of sp³-hybridized carbons (Fsp3) is 0.471. The third kappa shape index (κ3) is 5.92. The first-order chi connectivity index (χ1) is 19.3. The van der Waals surface area contributed by atoms with Gasteiger partial charge in [-0.1, -0.05) is 0 Å². The normalized spacial score (nSPS) is 28.8. The van der Waals surface area contributed by atoms with Crippen LogP contribution in [0.3, 0.4) is 0 Å². The van der Waals surface area contributed by atoms with Crippen molar-refractivity contribution in [3.63, 3.8) is 0 Å². The Morgan fingerprint density at radius 2 is 1.73 bits per heavy atom. The summed E-state index contributed by atoms with van der Waals surface area (Å²) in [7, 11) is 0. The van der Waals surface area contributed by atoms with Crippen LogP contribution in [0.15, 0.2) is 83.5 Å². The number of rotatable bonds is 9. The number of hydrogen-bond acceptors (Lipinski definition) is 5. The molecule has 5 rings (SSSR count). The van der Waals surface area contributed by atoms with Gasteiger partial charge in [-0.05, 0) is 0 Å². The summed E-state index contributed by atoms with van der Waals surface area (Å²) in [6, 6.07) is 24.2. The van der Waals surface area contributed by atoms with E-state index in [0.29, 0.717) is 18.4 Å². The van der Waals surface area contributed by atoms with Crippen molar-refractivity contribution in [1.29, 1.82) is 0 Å². The summed E-state index contributed by atoms with van der Waals surface area (Å²) < 4.78 is 19.4. The molecule has 1 aromatic heterocycles. The maximum absolute atomic E-state index is 13.3. The molecule has 0 spiro atoms. The molecule has 1 N–H and O–H groups in total. The van der Waals surface area contributed by atoms with Crippen LogP contribution in [0.25, 0.3) is 0 Å². The number of carbonyl (C=O) groups is 1. The second-order valence-corrected chi connectivity index (χ2v) is 12.6. The average molecular weight is 580 g/mol. The summed E-state index contributed by atoms with van der Waals surface area (Å²) in [5.41, 5.74) is 2.39. The van der Waals surface area contributed by atoms with Crippen LogP contribution < -0.4 is 5.32 Å². The summed E-state index contributed by atoms with van der Waals surface area (Å²) in [5, 5.41) is 3.62. The van der Waals surface area contributed by atoms with Gasteiger partial charge in [0, 0.05) is 0 Å². The molecule has 1 saturated heterocycles. The van der Waals surface area contributed by atoms with Gasteiger partial charge < -0.3 is 0 Å². The second-order valence-electron chi connectivity index (χ2n) is 11.9. The number of carbonyl (C=O) groups excluding carboxylic acids is 1. The Morgan fingerprint density at radius 1 is 1.02 bits per heavy atom. The van der Waals surface area contributed by atoms with E-state index in [-0.39, 0.29) is 35.4 Å². The average Bonchev–Trinajstić information content (AvgIpc) is 3.62. The molecule has 2 fully saturated rings. The first-order valence-electron chi connectivity index (χ1n) is 14.6. The zero-order valence-corrected chi connectivity index (χ0v) is 25.2. The Bertz CT molecular complexity index is 1260. The van der Waals surface area contributed by atoms with Gasteiger partial charge in [0.15, 0.2) is 0 Å². The van der Waals surface area contributed by atoms with E-state index in [2.05, 4.69) is 84.4 Å². The van der Waals surface area contributed by atoms with Crippen LogP contribution in [0.1, 0.15) is 75.8 Å². The quantitative estimate of drug-likeness (QED) is 0.285. The zero-order chi connectivity index (χ0) is 28.3. The van der Waals surface area contributed by atoms with E-state index in [4.69, 9.17) is 13.9 Å². The Hall–Kier alpha value is -2.49. The summed E-state index contributed by atoms with van der Waals surface area (Å²) in [4.78, 5) is 13.3. The number of ether oxygens (including phenoxy) is 2. The van der Waals surface area contributed by atoms with Crippen LogP contribution in [-0.2, 0) is 35.5 Å². The molecule has 2 aromatic carbocycles. The van der Waals surface area contributed by atoms with Crippen LogP contribution >= 0.6 is 0 Å². The van der Waals surface area contributed by atoms with Gasteiger partial charge in [-0.15, -0.1) is 0 Å². The number of furan rings is 1. The van der Waals surface area contributed by atoms with Crippen molar-refractivity contribution >= 4 is 10.5 Å². The Balaban J connectivity index is 1.50. The number of nitrogens with one attached hydrogen (secondary N) is 1. The van der Waals surface area contributed by atoms with Gasteiger partial charge >= 0.3 is 247 Å². The molecule has 1 aliphatic heterocycles. The molecule has 1 saturated carbocycles. The van der Waals surface area contributed by atoms with Crippen LogP contribution in [0.4, 0.5) is 0 Å². The fourth-order valence-electron chi connectivity index (χ4n) is 6.92. The van der Waals surface area contributed by atoms with E-state index < -0.39 is 6.04 Å². The molecule has 7 atom stereocenters. The summed E-state index contributed by atoms with van der Waals surface area (Å²) >= 11 is 3.34. The molecular weight excluding hydrogens is 538 g/mol. The zero-order valence-electron chi connectivity index (χ0n) is 23.9. The van der Waals surface area contributed by atoms with Gasteiger partial charge in [0.1, 0.15) is 0 Å². The monoisotopic (exact) mass is 579 g/mol. The van der Waals surface area contributed by atoms with Crippen molar-refractivity contribution in [2.24, 2.45) is 17.8 Å². The molecule has 0 amide bonds. The molecule has 0 radical (unpaired) electrons. The van der Waals surface area contributed by atoms with Crippen molar-refractivity contribution in [1.82, 2.24) is 5.32 Å². The molecule has 0 bridgehead atoms. The van der Waals surface area contributed by atoms with Crippen molar-refractivity contribution in [3.05, 3.63) is 95.9 Å². The van der Waals surface area contributed by atoms with Crippen LogP contribution in [-0.4, -0.2) is 29.3 Å². The van der Waals surface area contributed by atoms with E-state index in [1.165, 1.54) is 12.0 Å². The van der Waals surface area contributed by atoms with Gasteiger partial charge in [-0.2, -0.15) is 0 Å². The van der Waals surface area contributed by atoms with Crippen LogP contribution in [0.2, 0.25) is 0 Å². The van der Waals surface area contributed by atoms with E-state index in [1.54, 1.807) is 6.26 Å². The van der Waals surface area contributed by atoms with Gasteiger partial charge in [0.2, 0.25) is 0 Å². The molecule has 3 aromatic rings. The first-order valence-corrected chi connectivity index (χ1v) is 15.2. The predicted octanol–water partition coefficient (Wildman–Crippen LogP) is 6.73. The minimum absolute atomic E-state index is 0.0468. The van der Waals surface area contributed by atoms with Gasteiger partial charge in [0.25, 0.3) is 0 Å². The predicted molar refractivity (Wildman–Crippen MR) is 154 cm³/mol. The molecule has 5 nitrogen and oxygen atoms in total. The molecule has 0 unspecified atom stereocenters. The number of esters is 1. The third-order valence-corrected chi connectivity index (χ3v) is 9.65. The minimum atomic E-state index is -0.560. The van der Waals surface area contributed by atoms with Gasteiger partial charge in [-0.25, -0.2) is 0 Å². The van der Waals surface area contributed by atoms with Crippen molar-refractivity contribution in [3.8, 4) is 0 Å². The summed E-state index contributed by atoms with van der Waals surface area (Å²) in [6.45, 7) is 9.20. The van der Waals surface area contributed by atoms with E-state index in [9.17, 15) is 4.79 Å². The number of hydrogen-bond donors (Lipinski definition) is 1. The molecule has 2 heterocycles. The van der Waals surface area contributed by atoms with Crippen molar-refractivity contribution in [2.75, 3.05) is 6.61 Å². The Labute approximate surface area is 246 Å². The molecule has 212 valence electrons. The molecule has 2 aliphatic rings. The molecular formula is C34H41CrNO4. The molecule has 1 aliphatic carbocycles. The van der Waals surface area contributed by atoms with Gasteiger partial charge in [-0.3, -0.25) is 0 Å². The van der Waals surface area contributed by atoms with Crippen LogP contribution in [0, 0.1) is 17.8 Å². The summed E-state index contributed by atoms with van der Waals surface area (Å²) in [5.74, 6) is 0.970.